The molecule has 5 nitrogen and oxygen atoms in total. The van der Waals surface area contributed by atoms with Crippen LogP contribution in [0, 0.1) is 0 Å². The Morgan fingerprint density at radius 3 is 2.74 bits per heavy atom. The van der Waals surface area contributed by atoms with Crippen molar-refractivity contribution in [2.24, 2.45) is 0 Å². The zero-order valence-electron chi connectivity index (χ0n) is 10.5. The van der Waals surface area contributed by atoms with Crippen LogP contribution in [0.3, 0.4) is 0 Å². The molecule has 0 spiro atoms. The smallest absolute Gasteiger partial charge is 0.265 e. The van der Waals surface area contributed by atoms with Crippen molar-refractivity contribution in [2.45, 2.75) is 19.5 Å². The Balaban J connectivity index is 2.77. The van der Waals surface area contributed by atoms with Crippen molar-refractivity contribution in [2.75, 3.05) is 24.1 Å². The van der Waals surface area contributed by atoms with Crippen molar-refractivity contribution >= 4 is 17.3 Å². The number of carbonyl (C=O) groups excluding carboxylic acids is 1. The predicted molar refractivity (Wildman–Crippen MR) is 69.4 cm³/mol. The maximum absolute atomic E-state index is 12.2. The number of hydrogen-bond acceptors (Lipinski definition) is 4. The topological polar surface area (TPSA) is 87.4 Å². The first kappa shape index (κ1) is 15.2. The van der Waals surface area contributed by atoms with Crippen molar-refractivity contribution in [3.05, 3.63) is 23.8 Å². The van der Waals surface area contributed by atoms with Crippen LogP contribution in [0.5, 0.6) is 0 Å². The van der Waals surface area contributed by atoms with E-state index < -0.39 is 12.5 Å². The summed E-state index contributed by atoms with van der Waals surface area (Å²) in [5.41, 5.74) is 6.68. The molecule has 0 heterocycles. The first-order valence-electron chi connectivity index (χ1n) is 5.83. The van der Waals surface area contributed by atoms with E-state index in [0.717, 1.165) is 0 Å². The molecule has 1 amide bonds. The zero-order chi connectivity index (χ0) is 14.4. The summed E-state index contributed by atoms with van der Waals surface area (Å²) in [6, 6.07) is 4.50. The summed E-state index contributed by atoms with van der Waals surface area (Å²) >= 11 is 0. The van der Waals surface area contributed by atoms with Gasteiger partial charge in [0.15, 0.2) is 0 Å². The summed E-state index contributed by atoms with van der Waals surface area (Å²) in [6.45, 7) is 1.92. The highest BCUT2D eigenvalue weighted by molar-refractivity contribution is 5.96. The lowest BCUT2D eigenvalue weighted by Crippen LogP contribution is -2.27. The molecule has 0 fully saturated rings. The Labute approximate surface area is 109 Å². The lowest BCUT2D eigenvalue weighted by molar-refractivity contribution is 0.00385. The monoisotopic (exact) mass is 273 g/mol. The first-order chi connectivity index (χ1) is 8.95. The molecule has 7 heteroatoms. The van der Waals surface area contributed by atoms with Gasteiger partial charge in [-0.3, -0.25) is 4.79 Å². The SMILES string of the molecule is CCNC(=O)c1ccc(N)c(NCC(O)C(F)F)c1. The molecule has 19 heavy (non-hydrogen) atoms. The molecule has 0 radical (unpaired) electrons. The van der Waals surface area contributed by atoms with Gasteiger partial charge in [-0.1, -0.05) is 0 Å². The third-order valence-corrected chi connectivity index (χ3v) is 2.45. The Hall–Kier alpha value is -1.89. The highest BCUT2D eigenvalue weighted by Crippen LogP contribution is 2.20. The number of hydrogen-bond donors (Lipinski definition) is 4. The van der Waals surface area contributed by atoms with Gasteiger partial charge in [-0.15, -0.1) is 0 Å². The van der Waals surface area contributed by atoms with Gasteiger partial charge in [0.1, 0.15) is 6.10 Å². The van der Waals surface area contributed by atoms with Crippen LogP contribution in [0.1, 0.15) is 17.3 Å². The summed E-state index contributed by atoms with van der Waals surface area (Å²) in [5, 5.41) is 14.2. The molecule has 1 atom stereocenters. The van der Waals surface area contributed by atoms with E-state index in [1.807, 2.05) is 0 Å². The van der Waals surface area contributed by atoms with Gasteiger partial charge < -0.3 is 21.5 Å². The fourth-order valence-electron chi connectivity index (χ4n) is 1.42. The minimum atomic E-state index is -2.83. The molecule has 5 N–H and O–H groups in total. The second kappa shape index (κ2) is 6.89. The Morgan fingerprint density at radius 1 is 1.47 bits per heavy atom. The number of halogens is 2. The van der Waals surface area contributed by atoms with E-state index in [9.17, 15) is 13.6 Å². The van der Waals surface area contributed by atoms with Gasteiger partial charge in [0.05, 0.1) is 11.4 Å². The molecule has 0 aromatic heterocycles. The molecule has 0 aliphatic rings. The fraction of sp³-hybridized carbons (Fsp3) is 0.417. The van der Waals surface area contributed by atoms with Crippen LogP contribution >= 0.6 is 0 Å². The molecule has 0 bridgehead atoms. The molecule has 0 saturated heterocycles. The number of carbonyl (C=O) groups is 1. The minimum Gasteiger partial charge on any atom is -0.397 e. The molecule has 106 valence electrons. The normalized spacial score (nSPS) is 12.3. The molecular formula is C12H17F2N3O2. The number of amides is 1. The van der Waals surface area contributed by atoms with Crippen LogP contribution in [-0.2, 0) is 0 Å². The average molecular weight is 273 g/mol. The van der Waals surface area contributed by atoms with E-state index in [0.29, 0.717) is 23.5 Å². The van der Waals surface area contributed by atoms with Gasteiger partial charge in [0.25, 0.3) is 12.3 Å². The van der Waals surface area contributed by atoms with Gasteiger partial charge in [0.2, 0.25) is 0 Å². The van der Waals surface area contributed by atoms with E-state index in [1.165, 1.54) is 18.2 Å². The number of aliphatic hydroxyl groups is 1. The molecule has 0 aliphatic carbocycles. The highest BCUT2D eigenvalue weighted by Gasteiger charge is 2.17. The minimum absolute atomic E-state index is 0.278. The summed E-state index contributed by atoms with van der Waals surface area (Å²) in [6.07, 6.45) is -4.62. The predicted octanol–water partition coefficient (Wildman–Crippen LogP) is 1.06. The van der Waals surface area contributed by atoms with Crippen LogP contribution in [0.4, 0.5) is 20.2 Å². The number of nitrogens with two attached hydrogens (primary N) is 1. The Bertz CT molecular complexity index is 441. The number of nitrogen functional groups attached to an aromatic ring is 1. The van der Waals surface area contributed by atoms with Gasteiger partial charge in [-0.25, -0.2) is 8.78 Å². The molecular weight excluding hydrogens is 256 g/mol. The average Bonchev–Trinajstić information content (AvgIpc) is 2.37. The van der Waals surface area contributed by atoms with Gasteiger partial charge in [0, 0.05) is 18.7 Å². The van der Waals surface area contributed by atoms with E-state index >= 15 is 0 Å². The van der Waals surface area contributed by atoms with Crippen LogP contribution in [0.25, 0.3) is 0 Å². The van der Waals surface area contributed by atoms with Crippen molar-refractivity contribution < 1.29 is 18.7 Å². The van der Waals surface area contributed by atoms with Gasteiger partial charge in [-0.05, 0) is 25.1 Å². The van der Waals surface area contributed by atoms with Gasteiger partial charge in [-0.2, -0.15) is 0 Å². The van der Waals surface area contributed by atoms with E-state index in [-0.39, 0.29) is 12.5 Å². The number of benzene rings is 1. The third-order valence-electron chi connectivity index (χ3n) is 2.45. The van der Waals surface area contributed by atoms with Crippen molar-refractivity contribution in [1.82, 2.24) is 5.32 Å². The van der Waals surface area contributed by atoms with Crippen LogP contribution in [0.2, 0.25) is 0 Å². The number of rotatable bonds is 6. The van der Waals surface area contributed by atoms with Crippen molar-refractivity contribution in [3.63, 3.8) is 0 Å². The quantitative estimate of drug-likeness (QED) is 0.584. The summed E-state index contributed by atoms with van der Waals surface area (Å²) in [4.78, 5) is 11.6. The molecule has 1 rings (SSSR count). The zero-order valence-corrected chi connectivity index (χ0v) is 10.5. The van der Waals surface area contributed by atoms with Crippen LogP contribution < -0.4 is 16.4 Å². The van der Waals surface area contributed by atoms with Crippen LogP contribution in [0.15, 0.2) is 18.2 Å². The number of anilines is 2. The van der Waals surface area contributed by atoms with E-state index in [4.69, 9.17) is 10.8 Å². The fourth-order valence-corrected chi connectivity index (χ4v) is 1.42. The largest absolute Gasteiger partial charge is 0.397 e. The summed E-state index contributed by atoms with van der Waals surface area (Å²) in [5.74, 6) is -0.278. The van der Waals surface area contributed by atoms with Gasteiger partial charge >= 0.3 is 0 Å². The number of aliphatic hydroxyl groups excluding tert-OH is 1. The Morgan fingerprint density at radius 2 is 2.16 bits per heavy atom. The van der Waals surface area contributed by atoms with Crippen molar-refractivity contribution in [3.8, 4) is 0 Å². The molecule has 1 aromatic rings. The molecule has 0 aliphatic heterocycles. The summed E-state index contributed by atoms with van der Waals surface area (Å²) < 4.78 is 24.3. The van der Waals surface area contributed by atoms with E-state index in [1.54, 1.807) is 6.92 Å². The standard InChI is InChI=1S/C12H17F2N3O2/c1-2-16-12(19)7-3-4-8(15)9(5-7)17-6-10(18)11(13)14/h3-5,10-11,17-18H,2,6,15H2,1H3,(H,16,19). The maximum atomic E-state index is 12.2. The second-order valence-corrected chi connectivity index (χ2v) is 3.94. The first-order valence-corrected chi connectivity index (χ1v) is 5.83. The van der Waals surface area contributed by atoms with E-state index in [2.05, 4.69) is 10.6 Å². The number of alkyl halides is 2. The van der Waals surface area contributed by atoms with Crippen LogP contribution in [-0.4, -0.2) is 36.6 Å². The number of nitrogens with one attached hydrogen (secondary N) is 2. The second-order valence-electron chi connectivity index (χ2n) is 3.94. The highest BCUT2D eigenvalue weighted by atomic mass is 19.3. The molecule has 1 unspecified atom stereocenters. The third kappa shape index (κ3) is 4.36. The molecule has 0 saturated carbocycles. The lowest BCUT2D eigenvalue weighted by Gasteiger charge is -2.14. The van der Waals surface area contributed by atoms with Crippen molar-refractivity contribution in [1.29, 1.82) is 0 Å². The maximum Gasteiger partial charge on any atom is 0.265 e. The lowest BCUT2D eigenvalue weighted by atomic mass is 10.1. The summed E-state index contributed by atoms with van der Waals surface area (Å²) in [7, 11) is 0. The molecule has 1 aromatic carbocycles. The Kier molecular flexibility index (Phi) is 5.50.